The first-order valence-corrected chi connectivity index (χ1v) is 7.94. The highest BCUT2D eigenvalue weighted by molar-refractivity contribution is 5.95. The van der Waals surface area contributed by atoms with Crippen LogP contribution >= 0.6 is 12.4 Å². The minimum Gasteiger partial charge on any atom is -0.351 e. The van der Waals surface area contributed by atoms with E-state index in [2.05, 4.69) is 36.7 Å². The van der Waals surface area contributed by atoms with E-state index in [0.717, 1.165) is 5.69 Å². The summed E-state index contributed by atoms with van der Waals surface area (Å²) in [5.74, 6) is -0.284. The molecule has 24 heavy (non-hydrogen) atoms. The van der Waals surface area contributed by atoms with Gasteiger partial charge < -0.3 is 21.7 Å². The number of hydrogen-bond acceptors (Lipinski definition) is 4. The van der Waals surface area contributed by atoms with Crippen molar-refractivity contribution in [3.8, 4) is 0 Å². The molecular formula is C17H27ClN4O2. The maximum absolute atomic E-state index is 12.3. The Morgan fingerprint density at radius 2 is 1.88 bits per heavy atom. The normalized spacial score (nSPS) is 20.2. The number of hydrogen-bond donors (Lipinski definition) is 4. The van der Waals surface area contributed by atoms with Crippen molar-refractivity contribution in [2.45, 2.75) is 44.7 Å². The van der Waals surface area contributed by atoms with E-state index >= 15 is 0 Å². The van der Waals surface area contributed by atoms with Gasteiger partial charge in [-0.05, 0) is 29.5 Å². The molecule has 1 aliphatic heterocycles. The fourth-order valence-corrected chi connectivity index (χ4v) is 2.61. The van der Waals surface area contributed by atoms with Crippen molar-refractivity contribution in [3.05, 3.63) is 29.8 Å². The summed E-state index contributed by atoms with van der Waals surface area (Å²) < 4.78 is 0. The lowest BCUT2D eigenvalue weighted by Gasteiger charge is -2.19. The van der Waals surface area contributed by atoms with Gasteiger partial charge in [-0.3, -0.25) is 9.59 Å². The number of anilines is 1. The quantitative estimate of drug-likeness (QED) is 0.652. The molecule has 1 aromatic carbocycles. The fourth-order valence-electron chi connectivity index (χ4n) is 2.61. The van der Waals surface area contributed by atoms with Crippen molar-refractivity contribution in [1.29, 1.82) is 0 Å². The van der Waals surface area contributed by atoms with E-state index in [1.54, 1.807) is 0 Å². The third kappa shape index (κ3) is 5.47. The van der Waals surface area contributed by atoms with Gasteiger partial charge in [0.25, 0.3) is 0 Å². The van der Waals surface area contributed by atoms with E-state index in [4.69, 9.17) is 5.73 Å². The Balaban J connectivity index is 0.00000288. The molecule has 1 heterocycles. The Morgan fingerprint density at radius 1 is 1.25 bits per heavy atom. The number of rotatable bonds is 4. The molecule has 1 unspecified atom stereocenters. The minimum atomic E-state index is -0.305. The van der Waals surface area contributed by atoms with E-state index in [1.165, 1.54) is 5.56 Å². The molecule has 0 radical (unpaired) electrons. The molecule has 0 saturated carbocycles. The molecule has 0 spiro atoms. The van der Waals surface area contributed by atoms with Crippen LogP contribution in [0.3, 0.4) is 0 Å². The summed E-state index contributed by atoms with van der Waals surface area (Å²) in [6, 6.07) is 7.54. The summed E-state index contributed by atoms with van der Waals surface area (Å²) in [5.41, 5.74) is 7.36. The molecule has 5 N–H and O–H groups in total. The van der Waals surface area contributed by atoms with Gasteiger partial charge >= 0.3 is 0 Å². The molecule has 1 aliphatic rings. The SMILES string of the molecule is CC(C)(C)c1ccc(NC(=O)[C@@H]2CC(NC(=O)CN)CN2)cc1.Cl. The minimum absolute atomic E-state index is 0. The fraction of sp³-hybridized carbons (Fsp3) is 0.529. The van der Waals surface area contributed by atoms with Crippen molar-refractivity contribution >= 4 is 29.9 Å². The second kappa shape index (κ2) is 8.46. The molecule has 2 rings (SSSR count). The molecule has 1 aromatic rings. The van der Waals surface area contributed by atoms with Crippen LogP contribution in [0.25, 0.3) is 0 Å². The van der Waals surface area contributed by atoms with Gasteiger partial charge in [-0.2, -0.15) is 0 Å². The van der Waals surface area contributed by atoms with Crippen molar-refractivity contribution < 1.29 is 9.59 Å². The second-order valence-electron chi connectivity index (χ2n) is 6.98. The van der Waals surface area contributed by atoms with Crippen LogP contribution in [0.2, 0.25) is 0 Å². The van der Waals surface area contributed by atoms with E-state index in [0.29, 0.717) is 13.0 Å². The van der Waals surface area contributed by atoms with Gasteiger partial charge in [0, 0.05) is 18.3 Å². The zero-order valence-electron chi connectivity index (χ0n) is 14.4. The smallest absolute Gasteiger partial charge is 0.241 e. The van der Waals surface area contributed by atoms with E-state index in [1.807, 2.05) is 24.3 Å². The topological polar surface area (TPSA) is 96.2 Å². The van der Waals surface area contributed by atoms with Gasteiger partial charge in [-0.1, -0.05) is 32.9 Å². The monoisotopic (exact) mass is 354 g/mol. The first-order chi connectivity index (χ1) is 10.8. The van der Waals surface area contributed by atoms with E-state index < -0.39 is 0 Å². The maximum Gasteiger partial charge on any atom is 0.241 e. The van der Waals surface area contributed by atoms with Gasteiger partial charge in [0.2, 0.25) is 11.8 Å². The summed E-state index contributed by atoms with van der Waals surface area (Å²) in [5, 5.41) is 8.83. The lowest BCUT2D eigenvalue weighted by molar-refractivity contribution is -0.121. The summed E-state index contributed by atoms with van der Waals surface area (Å²) >= 11 is 0. The zero-order valence-corrected chi connectivity index (χ0v) is 15.2. The van der Waals surface area contributed by atoms with Crippen LogP contribution in [0.1, 0.15) is 32.8 Å². The summed E-state index contributed by atoms with van der Waals surface area (Å²) in [6.45, 7) is 7.00. The van der Waals surface area contributed by atoms with E-state index in [-0.39, 0.29) is 48.3 Å². The summed E-state index contributed by atoms with van der Waals surface area (Å²) in [7, 11) is 0. The summed E-state index contributed by atoms with van der Waals surface area (Å²) in [6.07, 6.45) is 0.567. The van der Waals surface area contributed by atoms with Crippen LogP contribution in [0.15, 0.2) is 24.3 Å². The molecule has 7 heteroatoms. The maximum atomic E-state index is 12.3. The van der Waals surface area contributed by atoms with Crippen LogP contribution < -0.4 is 21.7 Å². The molecule has 2 atom stereocenters. The Bertz CT molecular complexity index is 569. The lowest BCUT2D eigenvalue weighted by Crippen LogP contribution is -2.39. The molecule has 6 nitrogen and oxygen atoms in total. The Hall–Kier alpha value is -1.63. The highest BCUT2D eigenvalue weighted by Crippen LogP contribution is 2.23. The van der Waals surface area contributed by atoms with Crippen molar-refractivity contribution in [1.82, 2.24) is 10.6 Å². The number of carbonyl (C=O) groups is 2. The predicted octanol–water partition coefficient (Wildman–Crippen LogP) is 1.15. The molecular weight excluding hydrogens is 328 g/mol. The molecule has 1 fully saturated rings. The van der Waals surface area contributed by atoms with E-state index in [9.17, 15) is 9.59 Å². The highest BCUT2D eigenvalue weighted by Gasteiger charge is 2.30. The number of amides is 2. The average molecular weight is 355 g/mol. The van der Waals surface area contributed by atoms with Crippen molar-refractivity contribution in [2.24, 2.45) is 5.73 Å². The van der Waals surface area contributed by atoms with Crippen LogP contribution in [-0.4, -0.2) is 37.0 Å². The van der Waals surface area contributed by atoms with Gasteiger partial charge in [-0.15, -0.1) is 12.4 Å². The molecule has 1 saturated heterocycles. The zero-order chi connectivity index (χ0) is 17.0. The van der Waals surface area contributed by atoms with Gasteiger partial charge in [0.15, 0.2) is 0 Å². The first-order valence-electron chi connectivity index (χ1n) is 7.94. The first kappa shape index (κ1) is 20.4. The number of nitrogens with one attached hydrogen (secondary N) is 3. The highest BCUT2D eigenvalue weighted by atomic mass is 35.5. The molecule has 2 amide bonds. The average Bonchev–Trinajstić information content (AvgIpc) is 2.95. The van der Waals surface area contributed by atoms with Gasteiger partial charge in [-0.25, -0.2) is 0 Å². The molecule has 134 valence electrons. The molecule has 0 aromatic heterocycles. The molecule has 0 aliphatic carbocycles. The Morgan fingerprint density at radius 3 is 2.42 bits per heavy atom. The van der Waals surface area contributed by atoms with Crippen LogP contribution in [-0.2, 0) is 15.0 Å². The summed E-state index contributed by atoms with van der Waals surface area (Å²) in [4.78, 5) is 23.6. The number of carbonyl (C=O) groups excluding carboxylic acids is 2. The largest absolute Gasteiger partial charge is 0.351 e. The Labute approximate surface area is 149 Å². The van der Waals surface area contributed by atoms with Crippen molar-refractivity contribution in [3.63, 3.8) is 0 Å². The van der Waals surface area contributed by atoms with Crippen LogP contribution in [0.5, 0.6) is 0 Å². The van der Waals surface area contributed by atoms with Gasteiger partial charge in [0.1, 0.15) is 0 Å². The standard InChI is InChI=1S/C17H26N4O2.ClH/c1-17(2,3)11-4-6-12(7-5-11)21-16(23)14-8-13(10-19-14)20-15(22)9-18;/h4-7,13-14,19H,8-10,18H2,1-3H3,(H,20,22)(H,21,23);1H/t13?,14-;/m0./s1. The third-order valence-corrected chi connectivity index (χ3v) is 4.02. The Kier molecular flexibility index (Phi) is 7.20. The molecule has 0 bridgehead atoms. The number of nitrogens with two attached hydrogens (primary N) is 1. The van der Waals surface area contributed by atoms with Crippen molar-refractivity contribution in [2.75, 3.05) is 18.4 Å². The van der Waals surface area contributed by atoms with Crippen LogP contribution in [0.4, 0.5) is 5.69 Å². The second-order valence-corrected chi connectivity index (χ2v) is 6.98. The van der Waals surface area contributed by atoms with Gasteiger partial charge in [0.05, 0.1) is 12.6 Å². The number of benzene rings is 1. The third-order valence-electron chi connectivity index (χ3n) is 4.02. The lowest BCUT2D eigenvalue weighted by atomic mass is 9.87. The predicted molar refractivity (Wildman–Crippen MR) is 98.4 cm³/mol. The van der Waals surface area contributed by atoms with Crippen LogP contribution in [0, 0.1) is 0 Å². The number of halogens is 1.